The van der Waals surface area contributed by atoms with Gasteiger partial charge in [0.2, 0.25) is 5.91 Å². The van der Waals surface area contributed by atoms with Gasteiger partial charge >= 0.3 is 0 Å². The van der Waals surface area contributed by atoms with Crippen LogP contribution in [0.15, 0.2) is 24.3 Å². The van der Waals surface area contributed by atoms with Crippen LogP contribution in [0.5, 0.6) is 0 Å². The molecule has 5 nitrogen and oxygen atoms in total. The fourth-order valence-electron chi connectivity index (χ4n) is 2.22. The van der Waals surface area contributed by atoms with Crippen molar-refractivity contribution in [1.82, 2.24) is 20.1 Å². The van der Waals surface area contributed by atoms with Crippen LogP contribution in [0.3, 0.4) is 0 Å². The molecule has 22 heavy (non-hydrogen) atoms. The van der Waals surface area contributed by atoms with E-state index >= 15 is 0 Å². The van der Waals surface area contributed by atoms with Gasteiger partial charge in [0.1, 0.15) is 0 Å². The minimum atomic E-state index is -0.228. The smallest absolute Gasteiger partial charge is 0.222 e. The third-order valence-corrected chi connectivity index (χ3v) is 3.42. The van der Waals surface area contributed by atoms with E-state index in [1.165, 1.54) is 0 Å². The van der Waals surface area contributed by atoms with Gasteiger partial charge < -0.3 is 5.32 Å². The van der Waals surface area contributed by atoms with E-state index in [9.17, 15) is 4.79 Å². The number of benzene rings is 1. The van der Waals surface area contributed by atoms with Crippen LogP contribution in [0, 0.1) is 11.7 Å². The van der Waals surface area contributed by atoms with E-state index in [1.54, 1.807) is 0 Å². The van der Waals surface area contributed by atoms with E-state index in [0.717, 1.165) is 17.0 Å². The lowest BCUT2D eigenvalue weighted by atomic mass is 10.1. The third-order valence-electron chi connectivity index (χ3n) is 3.11. The summed E-state index contributed by atoms with van der Waals surface area (Å²) in [7, 11) is 0. The second-order valence-electron chi connectivity index (χ2n) is 6.42. The van der Waals surface area contributed by atoms with Crippen molar-refractivity contribution in [2.75, 3.05) is 0 Å². The minimum Gasteiger partial charge on any atom is -0.351 e. The molecule has 0 fully saturated rings. The molecule has 0 spiro atoms. The fourth-order valence-corrected chi connectivity index (χ4v) is 2.45. The van der Waals surface area contributed by atoms with Gasteiger partial charge in [-0.05, 0) is 46.0 Å². The Hall–Kier alpha value is -1.95. The molecule has 1 heterocycles. The van der Waals surface area contributed by atoms with Gasteiger partial charge in [-0.3, -0.25) is 14.5 Å². The second kappa shape index (κ2) is 6.44. The zero-order chi connectivity index (χ0) is 16.3. The summed E-state index contributed by atoms with van der Waals surface area (Å²) in [6, 6.07) is 8.06. The van der Waals surface area contributed by atoms with Crippen LogP contribution in [-0.2, 0) is 11.3 Å². The number of nitrogens with one attached hydrogen (secondary N) is 2. The molecule has 0 atom stereocenters. The zero-order valence-corrected chi connectivity index (χ0v) is 14.3. The fraction of sp³-hybridized carbons (Fsp3) is 0.438. The number of H-pyrrole nitrogens is 1. The van der Waals surface area contributed by atoms with E-state index in [1.807, 2.05) is 50.5 Å². The molecule has 0 aliphatic rings. The van der Waals surface area contributed by atoms with Crippen molar-refractivity contribution < 1.29 is 4.79 Å². The predicted molar refractivity (Wildman–Crippen MR) is 90.1 cm³/mol. The molecule has 0 saturated carbocycles. The highest BCUT2D eigenvalue weighted by molar-refractivity contribution is 7.71. The Balaban J connectivity index is 2.17. The molecule has 2 N–H and O–H groups in total. The first-order valence-electron chi connectivity index (χ1n) is 7.29. The Labute approximate surface area is 135 Å². The van der Waals surface area contributed by atoms with Gasteiger partial charge in [0.05, 0.1) is 0 Å². The highest BCUT2D eigenvalue weighted by atomic mass is 32.1. The van der Waals surface area contributed by atoms with Crippen molar-refractivity contribution in [3.63, 3.8) is 0 Å². The quantitative estimate of drug-likeness (QED) is 0.851. The largest absolute Gasteiger partial charge is 0.351 e. The van der Waals surface area contributed by atoms with Gasteiger partial charge in [0.15, 0.2) is 10.6 Å². The van der Waals surface area contributed by atoms with Crippen molar-refractivity contribution in [2.24, 2.45) is 0 Å². The molecule has 2 aromatic rings. The van der Waals surface area contributed by atoms with Crippen molar-refractivity contribution in [2.45, 2.75) is 46.2 Å². The summed E-state index contributed by atoms with van der Waals surface area (Å²) in [6.45, 7) is 8.43. The molecular formula is C16H22N4OS. The number of hydrogen-bond acceptors (Lipinski definition) is 3. The number of aryl methyl sites for hydroxylation is 1. The lowest BCUT2D eigenvalue weighted by Crippen LogP contribution is -2.40. The van der Waals surface area contributed by atoms with Crippen LogP contribution in [0.1, 0.15) is 32.8 Å². The molecule has 1 aromatic carbocycles. The van der Waals surface area contributed by atoms with Crippen molar-refractivity contribution in [3.05, 3.63) is 34.6 Å². The number of nitrogens with zero attached hydrogens (tertiary/aromatic N) is 2. The number of amides is 1. The number of carbonyl (C=O) groups is 1. The van der Waals surface area contributed by atoms with Crippen molar-refractivity contribution in [1.29, 1.82) is 0 Å². The number of carbonyl (C=O) groups excluding carboxylic acids is 1. The van der Waals surface area contributed by atoms with Gasteiger partial charge in [-0.15, -0.1) is 0 Å². The molecule has 0 bridgehead atoms. The van der Waals surface area contributed by atoms with Gasteiger partial charge in [0.25, 0.3) is 0 Å². The van der Waals surface area contributed by atoms with Crippen LogP contribution in [0.4, 0.5) is 0 Å². The molecule has 118 valence electrons. The average molecular weight is 318 g/mol. The van der Waals surface area contributed by atoms with Gasteiger partial charge in [-0.25, -0.2) is 0 Å². The van der Waals surface area contributed by atoms with E-state index in [2.05, 4.69) is 21.6 Å². The normalized spacial score (nSPS) is 11.5. The van der Waals surface area contributed by atoms with Crippen LogP contribution in [-0.4, -0.2) is 26.2 Å². The van der Waals surface area contributed by atoms with Gasteiger partial charge in [0, 0.05) is 24.1 Å². The first-order valence-corrected chi connectivity index (χ1v) is 7.70. The number of rotatable bonds is 4. The van der Waals surface area contributed by atoms with E-state index < -0.39 is 0 Å². The number of aromatic nitrogens is 3. The highest BCUT2D eigenvalue weighted by Crippen LogP contribution is 2.18. The Kier molecular flexibility index (Phi) is 4.81. The standard InChI is InChI=1S/C16H22N4OS/c1-11-6-5-7-12(10-11)14-18-19-15(22)20(14)9-8-13(21)17-16(2,3)4/h5-7,10H,8-9H2,1-4H3,(H,17,21)(H,19,22). The number of hydrogen-bond donors (Lipinski definition) is 2. The summed E-state index contributed by atoms with van der Waals surface area (Å²) in [6.07, 6.45) is 0.365. The topological polar surface area (TPSA) is 62.7 Å². The Morgan fingerprint density at radius 3 is 2.77 bits per heavy atom. The van der Waals surface area contributed by atoms with Crippen LogP contribution < -0.4 is 5.32 Å². The van der Waals surface area contributed by atoms with E-state index in [-0.39, 0.29) is 11.4 Å². The molecular weight excluding hydrogens is 296 g/mol. The predicted octanol–water partition coefficient (Wildman–Crippen LogP) is 3.22. The molecule has 0 saturated heterocycles. The highest BCUT2D eigenvalue weighted by Gasteiger charge is 2.15. The summed E-state index contributed by atoms with van der Waals surface area (Å²) in [5, 5.41) is 10.1. The first kappa shape index (κ1) is 16.4. The molecule has 0 radical (unpaired) electrons. The van der Waals surface area contributed by atoms with Gasteiger partial charge in [-0.2, -0.15) is 5.10 Å². The molecule has 1 amide bonds. The molecule has 0 aliphatic carbocycles. The van der Waals surface area contributed by atoms with Crippen molar-refractivity contribution in [3.8, 4) is 11.4 Å². The Morgan fingerprint density at radius 2 is 2.14 bits per heavy atom. The van der Waals surface area contributed by atoms with Crippen molar-refractivity contribution >= 4 is 18.1 Å². The summed E-state index contributed by atoms with van der Waals surface area (Å²) in [5.74, 6) is 0.767. The lowest BCUT2D eigenvalue weighted by Gasteiger charge is -2.20. The molecule has 0 unspecified atom stereocenters. The maximum absolute atomic E-state index is 12.0. The minimum absolute atomic E-state index is 0.00536. The van der Waals surface area contributed by atoms with E-state index in [0.29, 0.717) is 17.7 Å². The maximum Gasteiger partial charge on any atom is 0.222 e. The lowest BCUT2D eigenvalue weighted by molar-refractivity contribution is -0.122. The van der Waals surface area contributed by atoms with E-state index in [4.69, 9.17) is 12.2 Å². The summed E-state index contributed by atoms with van der Waals surface area (Å²) in [5.41, 5.74) is 1.92. The monoisotopic (exact) mass is 318 g/mol. The molecule has 6 heteroatoms. The summed E-state index contributed by atoms with van der Waals surface area (Å²) in [4.78, 5) is 12.0. The second-order valence-corrected chi connectivity index (χ2v) is 6.81. The third kappa shape index (κ3) is 4.27. The Morgan fingerprint density at radius 1 is 1.41 bits per heavy atom. The zero-order valence-electron chi connectivity index (χ0n) is 13.4. The maximum atomic E-state index is 12.0. The van der Waals surface area contributed by atoms with Crippen LogP contribution in [0.2, 0.25) is 0 Å². The molecule has 2 rings (SSSR count). The van der Waals surface area contributed by atoms with Gasteiger partial charge in [-0.1, -0.05) is 23.8 Å². The SMILES string of the molecule is Cc1cccc(-c2n[nH]c(=S)n2CCC(=O)NC(C)(C)C)c1. The first-order chi connectivity index (χ1) is 10.3. The number of aromatic amines is 1. The summed E-state index contributed by atoms with van der Waals surface area (Å²) >= 11 is 5.28. The van der Waals surface area contributed by atoms with Crippen LogP contribution >= 0.6 is 12.2 Å². The molecule has 1 aromatic heterocycles. The Bertz CT molecular complexity index is 724. The van der Waals surface area contributed by atoms with Crippen LogP contribution in [0.25, 0.3) is 11.4 Å². The summed E-state index contributed by atoms with van der Waals surface area (Å²) < 4.78 is 2.40. The average Bonchev–Trinajstić information content (AvgIpc) is 2.75. The molecule has 0 aliphatic heterocycles.